The number of hydrogen-bond acceptors (Lipinski definition) is 3. The Morgan fingerprint density at radius 1 is 1.11 bits per heavy atom. The van der Waals surface area contributed by atoms with Gasteiger partial charge in [0.15, 0.2) is 0 Å². The highest BCUT2D eigenvalue weighted by Gasteiger charge is 2.31. The van der Waals surface area contributed by atoms with Crippen molar-refractivity contribution in [1.82, 2.24) is 4.90 Å². The largest absolute Gasteiger partial charge is 0.338 e. The summed E-state index contributed by atoms with van der Waals surface area (Å²) in [6.45, 7) is 5.98. The average Bonchev–Trinajstić information content (AvgIpc) is 3.53. The predicted molar refractivity (Wildman–Crippen MR) is 113 cm³/mol. The van der Waals surface area contributed by atoms with Gasteiger partial charge in [-0.3, -0.25) is 9.59 Å². The first-order valence-electron chi connectivity index (χ1n) is 10.8. The summed E-state index contributed by atoms with van der Waals surface area (Å²) in [5.74, 6) is 0.684. The number of amides is 2. The quantitative estimate of drug-likeness (QED) is 0.712. The lowest BCUT2D eigenvalue weighted by Crippen LogP contribution is -2.44. The molecule has 2 aliphatic carbocycles. The molecule has 0 aromatic heterocycles. The van der Waals surface area contributed by atoms with Crippen molar-refractivity contribution in [1.29, 1.82) is 0 Å². The van der Waals surface area contributed by atoms with E-state index < -0.39 is 0 Å². The Kier molecular flexibility index (Phi) is 6.76. The minimum absolute atomic E-state index is 0.108. The van der Waals surface area contributed by atoms with Crippen LogP contribution in [-0.2, 0) is 16.1 Å². The number of nitrogens with zero attached hydrogens (tertiary/aromatic N) is 1. The van der Waals surface area contributed by atoms with Crippen molar-refractivity contribution < 1.29 is 9.59 Å². The summed E-state index contributed by atoms with van der Waals surface area (Å²) in [5.41, 5.74) is 7.70. The Morgan fingerprint density at radius 2 is 1.82 bits per heavy atom. The van der Waals surface area contributed by atoms with Gasteiger partial charge >= 0.3 is 0 Å². The number of carbonyl (C=O) groups is 2. The van der Waals surface area contributed by atoms with Crippen LogP contribution in [-0.4, -0.2) is 29.8 Å². The van der Waals surface area contributed by atoms with Crippen LogP contribution >= 0.6 is 0 Å². The summed E-state index contributed by atoms with van der Waals surface area (Å²) in [5, 5.41) is 3.01. The van der Waals surface area contributed by atoms with Crippen LogP contribution in [0.1, 0.15) is 64.4 Å². The summed E-state index contributed by atoms with van der Waals surface area (Å²) in [6.07, 6.45) is 7.50. The summed E-state index contributed by atoms with van der Waals surface area (Å²) in [6, 6.07) is 7.90. The number of nitrogens with two attached hydrogens (primary N) is 1. The highest BCUT2D eigenvalue weighted by Crippen LogP contribution is 2.31. The van der Waals surface area contributed by atoms with Gasteiger partial charge in [0.2, 0.25) is 11.8 Å². The van der Waals surface area contributed by atoms with E-state index in [4.69, 9.17) is 5.73 Å². The van der Waals surface area contributed by atoms with E-state index in [0.29, 0.717) is 19.6 Å². The molecule has 2 amide bonds. The lowest BCUT2D eigenvalue weighted by atomic mass is 9.86. The number of carbonyl (C=O) groups excluding carboxylic acids is 2. The molecule has 5 heteroatoms. The first kappa shape index (κ1) is 20.8. The van der Waals surface area contributed by atoms with Gasteiger partial charge in [0.25, 0.3) is 0 Å². The zero-order valence-corrected chi connectivity index (χ0v) is 17.4. The van der Waals surface area contributed by atoms with Crippen LogP contribution in [0.25, 0.3) is 0 Å². The van der Waals surface area contributed by atoms with Crippen molar-refractivity contribution in [2.75, 3.05) is 18.4 Å². The Morgan fingerprint density at radius 3 is 2.46 bits per heavy atom. The predicted octanol–water partition coefficient (Wildman–Crippen LogP) is 3.93. The molecule has 154 valence electrons. The molecule has 0 heterocycles. The monoisotopic (exact) mass is 385 g/mol. The van der Waals surface area contributed by atoms with Crippen LogP contribution in [0.5, 0.6) is 0 Å². The Labute approximate surface area is 169 Å². The molecular formula is C23H35N3O2. The van der Waals surface area contributed by atoms with Crippen molar-refractivity contribution in [2.45, 2.75) is 65.3 Å². The molecule has 0 unspecified atom stereocenters. The van der Waals surface area contributed by atoms with Crippen LogP contribution in [0.2, 0.25) is 0 Å². The Balaban J connectivity index is 1.72. The maximum Gasteiger partial charge on any atom is 0.227 e. The second-order valence-electron chi connectivity index (χ2n) is 9.36. The lowest BCUT2D eigenvalue weighted by Gasteiger charge is -2.35. The molecule has 3 N–H and O–H groups in total. The van der Waals surface area contributed by atoms with E-state index in [0.717, 1.165) is 49.8 Å². The third-order valence-corrected chi connectivity index (χ3v) is 5.95. The Bertz CT molecular complexity index is 691. The van der Waals surface area contributed by atoms with E-state index in [1.807, 2.05) is 29.2 Å². The fraction of sp³-hybridized carbons (Fsp3) is 0.652. The fourth-order valence-corrected chi connectivity index (χ4v) is 3.96. The highest BCUT2D eigenvalue weighted by atomic mass is 16.2. The minimum atomic E-state index is -0.123. The normalized spacial score (nSPS) is 18.0. The number of benzene rings is 1. The summed E-state index contributed by atoms with van der Waals surface area (Å²) in [7, 11) is 0. The molecule has 1 aromatic carbocycles. The standard InChI is InChI=1S/C23H35N3O2/c1-23(2,15-24)16-26(22(28)19-8-4-3-5-9-19)14-17-7-6-10-20(13-17)25-21(27)18-11-12-18/h6-7,10,13,18-19H,3-5,8-9,11-12,14-16,24H2,1-2H3,(H,25,27). The molecule has 2 fully saturated rings. The van der Waals surface area contributed by atoms with E-state index in [1.165, 1.54) is 6.42 Å². The third-order valence-electron chi connectivity index (χ3n) is 5.95. The molecule has 0 saturated heterocycles. The third kappa shape index (κ3) is 5.81. The Hall–Kier alpha value is -1.88. The van der Waals surface area contributed by atoms with Gasteiger partial charge < -0.3 is 16.0 Å². The topological polar surface area (TPSA) is 75.4 Å². The average molecular weight is 386 g/mol. The maximum absolute atomic E-state index is 13.3. The van der Waals surface area contributed by atoms with Crippen LogP contribution in [0.3, 0.4) is 0 Å². The molecule has 0 spiro atoms. The summed E-state index contributed by atoms with van der Waals surface area (Å²) in [4.78, 5) is 27.3. The minimum Gasteiger partial charge on any atom is -0.338 e. The fourth-order valence-electron chi connectivity index (χ4n) is 3.96. The first-order valence-corrected chi connectivity index (χ1v) is 10.8. The van der Waals surface area contributed by atoms with E-state index in [-0.39, 0.29) is 29.1 Å². The SMILES string of the molecule is CC(C)(CN)CN(Cc1cccc(NC(=O)C2CC2)c1)C(=O)C1CCCCC1. The van der Waals surface area contributed by atoms with Crippen molar-refractivity contribution in [2.24, 2.45) is 23.0 Å². The van der Waals surface area contributed by atoms with E-state index in [2.05, 4.69) is 19.2 Å². The number of anilines is 1. The van der Waals surface area contributed by atoms with E-state index in [1.54, 1.807) is 0 Å². The molecule has 2 aliphatic rings. The van der Waals surface area contributed by atoms with Crippen LogP contribution in [0.4, 0.5) is 5.69 Å². The molecule has 0 aliphatic heterocycles. The zero-order chi connectivity index (χ0) is 20.1. The van der Waals surface area contributed by atoms with Crippen LogP contribution in [0, 0.1) is 17.3 Å². The van der Waals surface area contributed by atoms with Gasteiger partial charge in [-0.1, -0.05) is 45.2 Å². The van der Waals surface area contributed by atoms with Gasteiger partial charge in [0.1, 0.15) is 0 Å². The van der Waals surface area contributed by atoms with Crippen LogP contribution in [0.15, 0.2) is 24.3 Å². The molecule has 1 aromatic rings. The maximum atomic E-state index is 13.3. The second-order valence-corrected chi connectivity index (χ2v) is 9.36. The summed E-state index contributed by atoms with van der Waals surface area (Å²) >= 11 is 0. The van der Waals surface area contributed by atoms with Gasteiger partial charge in [-0.25, -0.2) is 0 Å². The molecular weight excluding hydrogens is 350 g/mol. The molecule has 28 heavy (non-hydrogen) atoms. The number of nitrogens with one attached hydrogen (secondary N) is 1. The molecule has 5 nitrogen and oxygen atoms in total. The van der Waals surface area contributed by atoms with Crippen LogP contribution < -0.4 is 11.1 Å². The second kappa shape index (κ2) is 9.08. The smallest absolute Gasteiger partial charge is 0.227 e. The van der Waals surface area contributed by atoms with E-state index >= 15 is 0 Å². The molecule has 0 radical (unpaired) electrons. The van der Waals surface area contributed by atoms with Gasteiger partial charge in [-0.2, -0.15) is 0 Å². The molecule has 0 bridgehead atoms. The lowest BCUT2D eigenvalue weighted by molar-refractivity contribution is -0.138. The zero-order valence-electron chi connectivity index (χ0n) is 17.4. The molecule has 0 atom stereocenters. The molecule has 3 rings (SSSR count). The highest BCUT2D eigenvalue weighted by molar-refractivity contribution is 5.94. The van der Waals surface area contributed by atoms with Gasteiger partial charge in [0.05, 0.1) is 0 Å². The number of rotatable bonds is 8. The van der Waals surface area contributed by atoms with Crippen molar-refractivity contribution in [3.8, 4) is 0 Å². The molecule has 2 saturated carbocycles. The van der Waals surface area contributed by atoms with Crippen molar-refractivity contribution >= 4 is 17.5 Å². The van der Waals surface area contributed by atoms with Crippen molar-refractivity contribution in [3.05, 3.63) is 29.8 Å². The van der Waals surface area contributed by atoms with Gasteiger partial charge in [-0.15, -0.1) is 0 Å². The first-order chi connectivity index (χ1) is 13.4. The van der Waals surface area contributed by atoms with Gasteiger partial charge in [0, 0.05) is 30.6 Å². The number of hydrogen-bond donors (Lipinski definition) is 2. The summed E-state index contributed by atoms with van der Waals surface area (Å²) < 4.78 is 0. The van der Waals surface area contributed by atoms with Crippen molar-refractivity contribution in [3.63, 3.8) is 0 Å². The van der Waals surface area contributed by atoms with E-state index in [9.17, 15) is 9.59 Å². The van der Waals surface area contributed by atoms with Gasteiger partial charge in [-0.05, 0) is 55.3 Å².